The lowest BCUT2D eigenvalue weighted by Crippen LogP contribution is -2.51. The second kappa shape index (κ2) is 8.09. The lowest BCUT2D eigenvalue weighted by Gasteiger charge is -2.43. The normalized spacial score (nSPS) is 21.2. The molecule has 0 saturated carbocycles. The predicted octanol–water partition coefficient (Wildman–Crippen LogP) is 3.91. The average molecular weight is 348 g/mol. The fraction of sp³-hybridized carbons (Fsp3) is 0.650. The Morgan fingerprint density at radius 2 is 2.08 bits per heavy atom. The molecule has 1 atom stereocenters. The van der Waals surface area contributed by atoms with E-state index in [0.29, 0.717) is 18.8 Å². The maximum Gasteiger partial charge on any atom is 0.410 e. The van der Waals surface area contributed by atoms with Crippen LogP contribution in [-0.2, 0) is 11.3 Å². The van der Waals surface area contributed by atoms with E-state index in [9.17, 15) is 9.90 Å². The molecular weight excluding hydrogens is 316 g/mol. The number of aromatic hydroxyl groups is 1. The number of phenolic OH excluding ortho intramolecular Hbond substituents is 1. The van der Waals surface area contributed by atoms with Crippen LogP contribution in [0.5, 0.6) is 5.75 Å². The molecule has 1 aliphatic heterocycles. The number of likely N-dealkylation sites (tertiary alicyclic amines) is 1. The van der Waals surface area contributed by atoms with Gasteiger partial charge in [0, 0.05) is 37.2 Å². The zero-order valence-corrected chi connectivity index (χ0v) is 16.0. The smallest absolute Gasteiger partial charge is 0.410 e. The highest BCUT2D eigenvalue weighted by Crippen LogP contribution is 2.33. The van der Waals surface area contributed by atoms with E-state index < -0.39 is 5.60 Å². The van der Waals surface area contributed by atoms with Crippen LogP contribution in [0.2, 0.25) is 0 Å². The van der Waals surface area contributed by atoms with Gasteiger partial charge in [-0.2, -0.15) is 0 Å². The largest absolute Gasteiger partial charge is 0.508 e. The molecule has 0 aliphatic carbocycles. The standard InChI is InChI=1S/C20H32N2O3/c1-5-20(14-21-13-16-9-6-7-10-17(16)23)11-8-12-22(15-20)18(24)25-19(2,3)4/h6-7,9-10,21,23H,5,8,11-15H2,1-4H3. The van der Waals surface area contributed by atoms with Crippen LogP contribution in [0.4, 0.5) is 4.79 Å². The molecule has 140 valence electrons. The van der Waals surface area contributed by atoms with Crippen molar-refractivity contribution in [1.29, 1.82) is 0 Å². The Morgan fingerprint density at radius 1 is 1.36 bits per heavy atom. The molecule has 1 aromatic carbocycles. The van der Waals surface area contributed by atoms with Gasteiger partial charge in [-0.05, 0) is 46.1 Å². The molecule has 1 unspecified atom stereocenters. The number of amides is 1. The molecule has 1 amide bonds. The number of hydrogen-bond acceptors (Lipinski definition) is 4. The fourth-order valence-electron chi connectivity index (χ4n) is 3.37. The van der Waals surface area contributed by atoms with Gasteiger partial charge in [-0.25, -0.2) is 4.79 Å². The van der Waals surface area contributed by atoms with Crippen LogP contribution in [0.25, 0.3) is 0 Å². The summed E-state index contributed by atoms with van der Waals surface area (Å²) in [4.78, 5) is 14.3. The third-order valence-electron chi connectivity index (χ3n) is 4.87. The van der Waals surface area contributed by atoms with Gasteiger partial charge >= 0.3 is 6.09 Å². The molecule has 1 aliphatic rings. The van der Waals surface area contributed by atoms with Crippen molar-refractivity contribution in [3.8, 4) is 5.75 Å². The lowest BCUT2D eigenvalue weighted by atomic mass is 9.77. The molecular formula is C20H32N2O3. The van der Waals surface area contributed by atoms with Gasteiger partial charge in [0.2, 0.25) is 0 Å². The Hall–Kier alpha value is -1.75. The number of rotatable bonds is 5. The summed E-state index contributed by atoms with van der Waals surface area (Å²) in [6.45, 7) is 10.8. The number of nitrogens with zero attached hydrogens (tertiary/aromatic N) is 1. The zero-order chi connectivity index (χ0) is 18.5. The van der Waals surface area contributed by atoms with E-state index in [0.717, 1.165) is 37.9 Å². The van der Waals surface area contributed by atoms with Crippen LogP contribution < -0.4 is 5.32 Å². The summed E-state index contributed by atoms with van der Waals surface area (Å²) in [6.07, 6.45) is 2.87. The minimum absolute atomic E-state index is 0.0551. The first-order valence-corrected chi connectivity index (χ1v) is 9.20. The third-order valence-corrected chi connectivity index (χ3v) is 4.87. The molecule has 5 heteroatoms. The summed E-state index contributed by atoms with van der Waals surface area (Å²) < 4.78 is 5.54. The fourth-order valence-corrected chi connectivity index (χ4v) is 3.37. The number of carbonyl (C=O) groups excluding carboxylic acids is 1. The van der Waals surface area contributed by atoms with Crippen molar-refractivity contribution in [3.05, 3.63) is 29.8 Å². The molecule has 1 aromatic rings. The average Bonchev–Trinajstić information content (AvgIpc) is 2.55. The Labute approximate surface area is 151 Å². The van der Waals surface area contributed by atoms with Crippen molar-refractivity contribution < 1.29 is 14.6 Å². The molecule has 1 fully saturated rings. The van der Waals surface area contributed by atoms with Crippen LogP contribution in [0, 0.1) is 5.41 Å². The summed E-state index contributed by atoms with van der Waals surface area (Å²) in [7, 11) is 0. The van der Waals surface area contributed by atoms with E-state index in [1.165, 1.54) is 0 Å². The van der Waals surface area contributed by atoms with Crippen molar-refractivity contribution in [2.24, 2.45) is 5.41 Å². The lowest BCUT2D eigenvalue weighted by molar-refractivity contribution is 0.00332. The topological polar surface area (TPSA) is 61.8 Å². The van der Waals surface area contributed by atoms with Crippen LogP contribution >= 0.6 is 0 Å². The molecule has 0 aromatic heterocycles. The van der Waals surface area contributed by atoms with Crippen molar-refractivity contribution >= 4 is 6.09 Å². The maximum absolute atomic E-state index is 12.4. The summed E-state index contributed by atoms with van der Waals surface area (Å²) in [5.41, 5.74) is 0.486. The van der Waals surface area contributed by atoms with Crippen molar-refractivity contribution in [2.75, 3.05) is 19.6 Å². The van der Waals surface area contributed by atoms with E-state index >= 15 is 0 Å². The van der Waals surface area contributed by atoms with E-state index in [1.807, 2.05) is 43.9 Å². The monoisotopic (exact) mass is 348 g/mol. The molecule has 2 N–H and O–H groups in total. The van der Waals surface area contributed by atoms with Gasteiger partial charge in [0.25, 0.3) is 0 Å². The van der Waals surface area contributed by atoms with Crippen molar-refractivity contribution in [3.63, 3.8) is 0 Å². The van der Waals surface area contributed by atoms with Crippen LogP contribution in [0.15, 0.2) is 24.3 Å². The first-order valence-electron chi connectivity index (χ1n) is 9.20. The molecule has 0 radical (unpaired) electrons. The van der Waals surface area contributed by atoms with E-state index in [1.54, 1.807) is 6.07 Å². The Morgan fingerprint density at radius 3 is 2.72 bits per heavy atom. The highest BCUT2D eigenvalue weighted by atomic mass is 16.6. The predicted molar refractivity (Wildman–Crippen MR) is 99.6 cm³/mol. The molecule has 2 rings (SSSR count). The number of hydrogen-bond donors (Lipinski definition) is 2. The molecule has 0 spiro atoms. The highest BCUT2D eigenvalue weighted by molar-refractivity contribution is 5.68. The molecule has 25 heavy (non-hydrogen) atoms. The minimum atomic E-state index is -0.466. The molecule has 0 bridgehead atoms. The molecule has 1 heterocycles. The third kappa shape index (κ3) is 5.63. The van der Waals surface area contributed by atoms with E-state index in [2.05, 4.69) is 12.2 Å². The summed E-state index contributed by atoms with van der Waals surface area (Å²) in [5, 5.41) is 13.4. The Bertz CT molecular complexity index is 583. The van der Waals surface area contributed by atoms with Crippen molar-refractivity contribution in [2.45, 2.75) is 59.1 Å². The van der Waals surface area contributed by atoms with E-state index in [4.69, 9.17) is 4.74 Å². The van der Waals surface area contributed by atoms with Crippen LogP contribution in [0.3, 0.4) is 0 Å². The SMILES string of the molecule is CCC1(CNCc2ccccc2O)CCCN(C(=O)OC(C)(C)C)C1. The second-order valence-electron chi connectivity index (χ2n) is 8.09. The van der Waals surface area contributed by atoms with Crippen molar-refractivity contribution in [1.82, 2.24) is 10.2 Å². The summed E-state index contributed by atoms with van der Waals surface area (Å²) in [6, 6.07) is 7.38. The van der Waals surface area contributed by atoms with Gasteiger partial charge in [-0.1, -0.05) is 25.1 Å². The maximum atomic E-state index is 12.4. The van der Waals surface area contributed by atoms with Crippen LogP contribution in [-0.4, -0.2) is 41.3 Å². The van der Waals surface area contributed by atoms with Gasteiger partial charge in [0.1, 0.15) is 11.4 Å². The number of para-hydroxylation sites is 1. The Balaban J connectivity index is 1.94. The number of benzene rings is 1. The summed E-state index contributed by atoms with van der Waals surface area (Å²) >= 11 is 0. The van der Waals surface area contributed by atoms with Gasteiger partial charge in [0.05, 0.1) is 0 Å². The second-order valence-corrected chi connectivity index (χ2v) is 8.09. The molecule has 5 nitrogen and oxygen atoms in total. The first-order chi connectivity index (χ1) is 11.7. The summed E-state index contributed by atoms with van der Waals surface area (Å²) in [5.74, 6) is 0.319. The van der Waals surface area contributed by atoms with Gasteiger partial charge < -0.3 is 20.1 Å². The molecule has 1 saturated heterocycles. The van der Waals surface area contributed by atoms with Gasteiger partial charge in [-0.15, -0.1) is 0 Å². The van der Waals surface area contributed by atoms with Gasteiger partial charge in [0.15, 0.2) is 0 Å². The quantitative estimate of drug-likeness (QED) is 0.847. The number of phenols is 1. The number of ether oxygens (including phenoxy) is 1. The number of carbonyl (C=O) groups is 1. The minimum Gasteiger partial charge on any atom is -0.508 e. The zero-order valence-electron chi connectivity index (χ0n) is 16.0. The first kappa shape index (κ1) is 19.6. The van der Waals surface area contributed by atoms with Crippen LogP contribution in [0.1, 0.15) is 52.5 Å². The Kier molecular flexibility index (Phi) is 6.33. The highest BCUT2D eigenvalue weighted by Gasteiger charge is 2.36. The number of piperidine rings is 1. The number of nitrogens with one attached hydrogen (secondary N) is 1. The van der Waals surface area contributed by atoms with Gasteiger partial charge in [-0.3, -0.25) is 0 Å². The van der Waals surface area contributed by atoms with E-state index in [-0.39, 0.29) is 11.5 Å².